The second-order valence-corrected chi connectivity index (χ2v) is 13.1. The fourth-order valence-corrected chi connectivity index (χ4v) is 4.97. The number of rotatable bonds is 4. The number of guanidine groups is 1. The van der Waals surface area contributed by atoms with E-state index in [0.29, 0.717) is 31.7 Å². The predicted molar refractivity (Wildman–Crippen MR) is 167 cm³/mol. The Morgan fingerprint density at radius 3 is 2.14 bits per heavy atom. The highest BCUT2D eigenvalue weighted by molar-refractivity contribution is 5.99. The Morgan fingerprint density at radius 2 is 1.52 bits per heavy atom. The minimum absolute atomic E-state index is 0.00995. The number of carbonyl (C=O) groups is 2. The lowest BCUT2D eigenvalue weighted by Gasteiger charge is -2.34. The van der Waals surface area contributed by atoms with E-state index in [2.05, 4.69) is 31.7 Å². The number of pyridine rings is 1. The number of amides is 2. The van der Waals surface area contributed by atoms with Crippen LogP contribution in [-0.2, 0) is 9.47 Å². The van der Waals surface area contributed by atoms with Crippen molar-refractivity contribution in [3.8, 4) is 22.8 Å². The molecule has 0 bridgehead atoms. The van der Waals surface area contributed by atoms with Gasteiger partial charge in [0.25, 0.3) is 0 Å². The number of aliphatic imine (C=N–C) groups is 1. The average Bonchev–Trinajstić information content (AvgIpc) is 3.27. The summed E-state index contributed by atoms with van der Waals surface area (Å²) in [6.07, 6.45) is 3.28. The lowest BCUT2D eigenvalue weighted by molar-refractivity contribution is 0.0552. The van der Waals surface area contributed by atoms with Crippen LogP contribution >= 0.6 is 0 Å². The zero-order valence-electron chi connectivity index (χ0n) is 27.1. The number of piperidine rings is 1. The maximum absolute atomic E-state index is 12.6. The van der Waals surface area contributed by atoms with E-state index in [1.165, 1.54) is 0 Å². The van der Waals surface area contributed by atoms with E-state index >= 15 is 0 Å². The molecule has 12 nitrogen and oxygen atoms in total. The van der Waals surface area contributed by atoms with Crippen molar-refractivity contribution in [2.24, 2.45) is 4.99 Å². The van der Waals surface area contributed by atoms with Gasteiger partial charge in [-0.3, -0.25) is 10.3 Å². The molecule has 0 saturated carbocycles. The third-order valence-electron chi connectivity index (χ3n) is 6.59. The van der Waals surface area contributed by atoms with Gasteiger partial charge in [-0.25, -0.2) is 14.3 Å². The van der Waals surface area contributed by atoms with Crippen LogP contribution in [0.5, 0.6) is 11.5 Å². The molecular formula is C32H43N7O5. The van der Waals surface area contributed by atoms with Crippen LogP contribution in [-0.4, -0.2) is 67.3 Å². The van der Waals surface area contributed by atoms with Gasteiger partial charge in [-0.15, -0.1) is 10.1 Å². The second kappa shape index (κ2) is 13.0. The summed E-state index contributed by atoms with van der Waals surface area (Å²) in [6, 6.07) is 8.03. The molecule has 236 valence electrons. The first-order chi connectivity index (χ1) is 20.6. The van der Waals surface area contributed by atoms with Gasteiger partial charge in [0.1, 0.15) is 22.7 Å². The topological polar surface area (TPSA) is 133 Å². The third kappa shape index (κ3) is 9.01. The van der Waals surface area contributed by atoms with Gasteiger partial charge in [-0.05, 0) is 104 Å². The van der Waals surface area contributed by atoms with Gasteiger partial charge in [0, 0.05) is 24.8 Å². The van der Waals surface area contributed by atoms with Crippen molar-refractivity contribution in [2.45, 2.75) is 92.4 Å². The molecule has 1 fully saturated rings. The molecule has 1 saturated heterocycles. The Balaban J connectivity index is 1.52. The minimum atomic E-state index is -0.796. The Hall–Kier alpha value is -4.48. The maximum Gasteiger partial charge on any atom is 0.437 e. The Morgan fingerprint density at radius 1 is 0.886 bits per heavy atom. The molecule has 3 heterocycles. The van der Waals surface area contributed by atoms with E-state index in [-0.39, 0.29) is 12.0 Å². The summed E-state index contributed by atoms with van der Waals surface area (Å²) < 4.78 is 18.9. The van der Waals surface area contributed by atoms with Gasteiger partial charge in [0.15, 0.2) is 0 Å². The number of benzene rings is 1. The number of nitrogens with one attached hydrogen (secondary N) is 1. The van der Waals surface area contributed by atoms with Crippen molar-refractivity contribution < 1.29 is 23.8 Å². The van der Waals surface area contributed by atoms with Gasteiger partial charge < -0.3 is 19.1 Å². The van der Waals surface area contributed by atoms with E-state index in [0.717, 1.165) is 33.8 Å². The number of aryl methyl sites for hydroxylation is 3. The average molecular weight is 606 g/mol. The highest BCUT2D eigenvalue weighted by Gasteiger charge is 2.29. The van der Waals surface area contributed by atoms with Crippen molar-refractivity contribution in [3.05, 3.63) is 53.5 Å². The van der Waals surface area contributed by atoms with Crippen LogP contribution < -0.4 is 10.1 Å². The largest absolute Gasteiger partial charge is 0.456 e. The van der Waals surface area contributed by atoms with Crippen LogP contribution in [0.25, 0.3) is 11.3 Å². The SMILES string of the molecule is Cc1cc(C)cc(Oc2cncc(-c3c(C)nnn3C3CCN(/C(=N\C(=O)OC(C)(C)C)NC(=O)OC(C)(C)C)CC3)c2)c1. The van der Waals surface area contributed by atoms with E-state index in [1.54, 1.807) is 53.9 Å². The molecule has 2 amide bonds. The molecule has 4 rings (SSSR count). The van der Waals surface area contributed by atoms with Crippen molar-refractivity contribution in [1.29, 1.82) is 0 Å². The van der Waals surface area contributed by atoms with Crippen molar-refractivity contribution in [1.82, 2.24) is 30.2 Å². The maximum atomic E-state index is 12.6. The molecule has 1 aliphatic heterocycles. The van der Waals surface area contributed by atoms with Gasteiger partial charge in [0.2, 0.25) is 5.96 Å². The van der Waals surface area contributed by atoms with Gasteiger partial charge >= 0.3 is 12.2 Å². The second-order valence-electron chi connectivity index (χ2n) is 13.1. The summed E-state index contributed by atoms with van der Waals surface area (Å²) >= 11 is 0. The smallest absolute Gasteiger partial charge is 0.437 e. The molecule has 1 aromatic carbocycles. The van der Waals surface area contributed by atoms with E-state index in [9.17, 15) is 9.59 Å². The third-order valence-corrected chi connectivity index (χ3v) is 6.59. The van der Waals surface area contributed by atoms with Crippen LogP contribution in [0.2, 0.25) is 0 Å². The van der Waals surface area contributed by atoms with Crippen LogP contribution in [0.1, 0.15) is 77.2 Å². The number of likely N-dealkylation sites (tertiary alicyclic amines) is 1. The Labute approximate surface area is 258 Å². The number of ether oxygens (including phenoxy) is 3. The van der Waals surface area contributed by atoms with E-state index in [1.807, 2.05) is 48.6 Å². The number of aromatic nitrogens is 4. The molecule has 0 atom stereocenters. The molecular weight excluding hydrogens is 562 g/mol. The molecule has 44 heavy (non-hydrogen) atoms. The molecule has 1 N–H and O–H groups in total. The fraction of sp³-hybridized carbons (Fsp3) is 0.500. The van der Waals surface area contributed by atoms with Crippen LogP contribution in [0.15, 0.2) is 41.7 Å². The summed E-state index contributed by atoms with van der Waals surface area (Å²) in [4.78, 5) is 35.6. The first-order valence-electron chi connectivity index (χ1n) is 14.8. The molecule has 0 radical (unpaired) electrons. The normalized spacial score (nSPS) is 14.8. The lowest BCUT2D eigenvalue weighted by Crippen LogP contribution is -2.49. The van der Waals surface area contributed by atoms with E-state index < -0.39 is 23.4 Å². The summed E-state index contributed by atoms with van der Waals surface area (Å²) in [5.74, 6) is 1.45. The van der Waals surface area contributed by atoms with Crippen molar-refractivity contribution in [3.63, 3.8) is 0 Å². The lowest BCUT2D eigenvalue weighted by atomic mass is 10.0. The van der Waals surface area contributed by atoms with Crippen molar-refractivity contribution >= 4 is 18.1 Å². The monoisotopic (exact) mass is 605 g/mol. The summed E-state index contributed by atoms with van der Waals surface area (Å²) in [6.45, 7) is 17.5. The van der Waals surface area contributed by atoms with Crippen molar-refractivity contribution in [2.75, 3.05) is 13.1 Å². The summed E-state index contributed by atoms with van der Waals surface area (Å²) in [5, 5.41) is 11.5. The number of carbonyl (C=O) groups excluding carboxylic acids is 2. The molecule has 3 aromatic rings. The standard InChI is InChI=1S/C32H43N7O5/c1-20-14-21(2)16-25(15-20)42-26-17-23(18-33-19-26)27-22(3)36-37-39(27)24-10-12-38(13-11-24)28(34-29(40)43-31(4,5)6)35-30(41)44-32(7,8)9/h14-19,24H,10-13H2,1-9H3,(H,34,35,40,41). The van der Waals surface area contributed by atoms with Gasteiger partial charge in [0.05, 0.1) is 23.6 Å². The number of nitrogens with zero attached hydrogens (tertiary/aromatic N) is 6. The van der Waals surface area contributed by atoms with Gasteiger partial charge in [-0.1, -0.05) is 11.3 Å². The highest BCUT2D eigenvalue weighted by atomic mass is 16.6. The van der Waals surface area contributed by atoms with E-state index in [4.69, 9.17) is 14.2 Å². The van der Waals surface area contributed by atoms with Crippen LogP contribution in [0.3, 0.4) is 0 Å². The molecule has 1 aliphatic rings. The quantitative estimate of drug-likeness (QED) is 0.261. The van der Waals surface area contributed by atoms with Crippen LogP contribution in [0.4, 0.5) is 9.59 Å². The fourth-order valence-electron chi connectivity index (χ4n) is 4.97. The molecule has 12 heteroatoms. The summed E-state index contributed by atoms with van der Waals surface area (Å²) in [7, 11) is 0. The molecule has 0 spiro atoms. The molecule has 0 unspecified atom stereocenters. The zero-order valence-corrected chi connectivity index (χ0v) is 27.1. The highest BCUT2D eigenvalue weighted by Crippen LogP contribution is 2.32. The summed E-state index contributed by atoms with van der Waals surface area (Å²) in [5.41, 5.74) is 3.26. The Kier molecular flexibility index (Phi) is 9.60. The van der Waals surface area contributed by atoms with Gasteiger partial charge in [-0.2, -0.15) is 0 Å². The predicted octanol–water partition coefficient (Wildman–Crippen LogP) is 6.51. The molecule has 2 aromatic heterocycles. The van der Waals surface area contributed by atoms with Crippen LogP contribution in [0, 0.1) is 20.8 Å². The number of hydrogen-bond donors (Lipinski definition) is 1. The first kappa shape index (κ1) is 32.4. The number of alkyl carbamates (subject to hydrolysis) is 1. The Bertz CT molecular complexity index is 1510. The molecule has 0 aliphatic carbocycles. The zero-order chi connectivity index (χ0) is 32.2. The first-order valence-corrected chi connectivity index (χ1v) is 14.8. The number of hydrogen-bond acceptors (Lipinski definition) is 8. The minimum Gasteiger partial charge on any atom is -0.456 e.